The zero-order valence-electron chi connectivity index (χ0n) is 22.5. The van der Waals surface area contributed by atoms with Gasteiger partial charge < -0.3 is 14.5 Å². The number of aromatic nitrogens is 2. The molecule has 0 N–H and O–H groups in total. The van der Waals surface area contributed by atoms with Crippen LogP contribution in [0.1, 0.15) is 19.4 Å². The van der Waals surface area contributed by atoms with Crippen LogP contribution in [0.4, 0.5) is 14.6 Å². The molecule has 6 rings (SSSR count). The molecule has 0 radical (unpaired) electrons. The SMILES string of the molecule is C=CC(=O)N1C[C@H](C)N(c2nc(=O)n3c4c(c(-c5cc(Br)c(F)cc5F)c(C)cc24)SCC2(COC2)C3)C[C@H]1C. The highest BCUT2D eigenvalue weighted by Gasteiger charge is 2.43. The number of thioether (sulfide) groups is 1. The Hall–Kier alpha value is -2.76. The van der Waals surface area contributed by atoms with E-state index in [1.807, 2.05) is 26.8 Å². The van der Waals surface area contributed by atoms with Gasteiger partial charge in [-0.1, -0.05) is 6.58 Å². The van der Waals surface area contributed by atoms with Crippen molar-refractivity contribution in [3.63, 3.8) is 0 Å². The van der Waals surface area contributed by atoms with Crippen LogP contribution in [0.15, 0.2) is 45.0 Å². The largest absolute Gasteiger partial charge is 0.380 e. The van der Waals surface area contributed by atoms with Crippen molar-refractivity contribution < 1.29 is 18.3 Å². The Labute approximate surface area is 243 Å². The molecule has 2 fully saturated rings. The Kier molecular flexibility index (Phi) is 6.82. The first kappa shape index (κ1) is 27.4. The highest BCUT2D eigenvalue weighted by molar-refractivity contribution is 9.10. The average Bonchev–Trinajstić information content (AvgIpc) is 3.08. The van der Waals surface area contributed by atoms with Crippen LogP contribution in [0.25, 0.3) is 22.0 Å². The zero-order chi connectivity index (χ0) is 28.5. The third kappa shape index (κ3) is 4.28. The molecule has 0 bridgehead atoms. The molecule has 2 atom stereocenters. The van der Waals surface area contributed by atoms with E-state index in [1.165, 1.54) is 12.1 Å². The summed E-state index contributed by atoms with van der Waals surface area (Å²) in [7, 11) is 0. The van der Waals surface area contributed by atoms with Crippen molar-refractivity contribution in [2.24, 2.45) is 5.41 Å². The highest BCUT2D eigenvalue weighted by Crippen LogP contribution is 2.48. The van der Waals surface area contributed by atoms with E-state index in [0.29, 0.717) is 55.5 Å². The minimum Gasteiger partial charge on any atom is -0.380 e. The molecular formula is C29H29BrF2N4O3S. The number of piperazine rings is 1. The smallest absolute Gasteiger partial charge is 0.350 e. The number of halogens is 3. The van der Waals surface area contributed by atoms with Crippen LogP contribution in [-0.2, 0) is 16.1 Å². The third-order valence-corrected chi connectivity index (χ3v) is 10.3. The summed E-state index contributed by atoms with van der Waals surface area (Å²) in [5, 5.41) is 0.796. The number of benzene rings is 2. The Bertz CT molecular complexity index is 1640. The lowest BCUT2D eigenvalue weighted by atomic mass is 9.88. The van der Waals surface area contributed by atoms with Gasteiger partial charge in [0.2, 0.25) is 5.91 Å². The average molecular weight is 632 g/mol. The number of amides is 1. The van der Waals surface area contributed by atoms with Crippen LogP contribution in [0, 0.1) is 24.0 Å². The molecule has 2 saturated heterocycles. The Balaban J connectivity index is 1.60. The molecule has 3 aliphatic rings. The van der Waals surface area contributed by atoms with Crippen molar-refractivity contribution in [2.45, 2.75) is 44.3 Å². The molecule has 1 aromatic heterocycles. The summed E-state index contributed by atoms with van der Waals surface area (Å²) in [6, 6.07) is 4.08. The standard InChI is InChI=1S/C29H29BrF2N4O3S/c1-5-23(37)34-9-17(4)35(10-16(34)3)27-19-6-15(2)24(18-7-20(30)22(32)8-21(18)31)26-25(19)36(28(38)33-27)11-29(14-40-26)12-39-13-29/h5-8,16-17H,1,9-14H2,2-4H3/t16-,17+/m1/s1. The van der Waals surface area contributed by atoms with Crippen molar-refractivity contribution in [2.75, 3.05) is 37.0 Å². The molecule has 1 spiro atoms. The third-order valence-electron chi connectivity index (χ3n) is 8.22. The second-order valence-corrected chi connectivity index (χ2v) is 13.0. The van der Waals surface area contributed by atoms with Crippen LogP contribution in [0.3, 0.4) is 0 Å². The van der Waals surface area contributed by atoms with Crippen LogP contribution in [0.5, 0.6) is 0 Å². The molecule has 1 amide bonds. The van der Waals surface area contributed by atoms with Crippen molar-refractivity contribution >= 4 is 50.3 Å². The topological polar surface area (TPSA) is 67.7 Å². The van der Waals surface area contributed by atoms with Gasteiger partial charge in [-0.05, 0) is 60.5 Å². The summed E-state index contributed by atoms with van der Waals surface area (Å²) in [4.78, 5) is 35.5. The van der Waals surface area contributed by atoms with Gasteiger partial charge in [-0.15, -0.1) is 11.8 Å². The molecule has 0 unspecified atom stereocenters. The molecule has 4 heterocycles. The molecule has 210 valence electrons. The first-order chi connectivity index (χ1) is 19.0. The van der Waals surface area contributed by atoms with Crippen LogP contribution in [0.2, 0.25) is 0 Å². The quantitative estimate of drug-likeness (QED) is 0.295. The Morgan fingerprint density at radius 1 is 1.20 bits per heavy atom. The number of ether oxygens (including phenoxy) is 1. The lowest BCUT2D eigenvalue weighted by Crippen LogP contribution is -2.58. The van der Waals surface area contributed by atoms with Crippen LogP contribution in [-0.4, -0.2) is 64.5 Å². The first-order valence-electron chi connectivity index (χ1n) is 13.2. The van der Waals surface area contributed by atoms with Crippen molar-refractivity contribution in [1.29, 1.82) is 0 Å². The van der Waals surface area contributed by atoms with Gasteiger partial charge in [-0.2, -0.15) is 4.98 Å². The molecule has 2 aromatic carbocycles. The van der Waals surface area contributed by atoms with E-state index in [0.717, 1.165) is 21.9 Å². The molecular weight excluding hydrogens is 602 g/mol. The first-order valence-corrected chi connectivity index (χ1v) is 14.9. The minimum atomic E-state index is -0.677. The van der Waals surface area contributed by atoms with Gasteiger partial charge in [-0.3, -0.25) is 9.36 Å². The summed E-state index contributed by atoms with van der Waals surface area (Å²) in [6.45, 7) is 12.0. The Morgan fingerprint density at radius 3 is 2.62 bits per heavy atom. The van der Waals surface area contributed by atoms with Crippen LogP contribution < -0.4 is 10.6 Å². The van der Waals surface area contributed by atoms with E-state index in [1.54, 1.807) is 21.2 Å². The van der Waals surface area contributed by atoms with Gasteiger partial charge in [0, 0.05) is 70.4 Å². The predicted molar refractivity (Wildman–Crippen MR) is 156 cm³/mol. The molecule has 11 heteroatoms. The lowest BCUT2D eigenvalue weighted by molar-refractivity contribution is -0.128. The van der Waals surface area contributed by atoms with E-state index >= 15 is 4.39 Å². The number of carbonyl (C=O) groups excluding carboxylic acids is 1. The summed E-state index contributed by atoms with van der Waals surface area (Å²) >= 11 is 4.80. The van der Waals surface area contributed by atoms with Crippen molar-refractivity contribution in [3.05, 3.63) is 63.0 Å². The second kappa shape index (κ2) is 9.95. The molecule has 3 aromatic rings. The van der Waals surface area contributed by atoms with E-state index in [2.05, 4.69) is 32.4 Å². The van der Waals surface area contributed by atoms with E-state index in [9.17, 15) is 14.0 Å². The van der Waals surface area contributed by atoms with Gasteiger partial charge in [0.25, 0.3) is 0 Å². The summed E-state index contributed by atoms with van der Waals surface area (Å²) in [5.74, 6) is -0.226. The fourth-order valence-corrected chi connectivity index (χ4v) is 7.92. The summed E-state index contributed by atoms with van der Waals surface area (Å²) in [5.41, 5.74) is 1.80. The van der Waals surface area contributed by atoms with Gasteiger partial charge in [0.05, 0.1) is 23.2 Å². The van der Waals surface area contributed by atoms with Gasteiger partial charge >= 0.3 is 5.69 Å². The van der Waals surface area contributed by atoms with Crippen LogP contribution >= 0.6 is 27.7 Å². The normalized spacial score (nSPS) is 21.9. The Morgan fingerprint density at radius 2 is 1.95 bits per heavy atom. The molecule has 0 saturated carbocycles. The minimum absolute atomic E-state index is 0.107. The van der Waals surface area contributed by atoms with Gasteiger partial charge in [0.15, 0.2) is 0 Å². The maximum absolute atomic E-state index is 15.3. The maximum atomic E-state index is 15.3. The second-order valence-electron chi connectivity index (χ2n) is 11.2. The predicted octanol–water partition coefficient (Wildman–Crippen LogP) is 5.15. The van der Waals surface area contributed by atoms with E-state index < -0.39 is 11.6 Å². The number of hydrogen-bond acceptors (Lipinski definition) is 6. The summed E-state index contributed by atoms with van der Waals surface area (Å²) < 4.78 is 37.0. The van der Waals surface area contributed by atoms with E-state index in [-0.39, 0.29) is 39.1 Å². The highest BCUT2D eigenvalue weighted by atomic mass is 79.9. The molecule has 40 heavy (non-hydrogen) atoms. The molecule has 0 aliphatic carbocycles. The molecule has 7 nitrogen and oxygen atoms in total. The maximum Gasteiger partial charge on any atom is 0.350 e. The fourth-order valence-electron chi connectivity index (χ4n) is 6.09. The monoisotopic (exact) mass is 630 g/mol. The number of aryl methyl sites for hydroxylation is 1. The van der Waals surface area contributed by atoms with E-state index in [4.69, 9.17) is 4.74 Å². The van der Waals surface area contributed by atoms with Gasteiger partial charge in [-0.25, -0.2) is 13.6 Å². The number of hydrogen-bond donors (Lipinski definition) is 0. The number of rotatable bonds is 3. The van der Waals surface area contributed by atoms with Crippen molar-refractivity contribution in [3.8, 4) is 11.1 Å². The number of nitrogens with zero attached hydrogens (tertiary/aromatic N) is 4. The van der Waals surface area contributed by atoms with Crippen molar-refractivity contribution in [1.82, 2.24) is 14.5 Å². The zero-order valence-corrected chi connectivity index (χ0v) is 24.9. The number of carbonyl (C=O) groups is 1. The number of anilines is 1. The van der Waals surface area contributed by atoms with Gasteiger partial charge in [0.1, 0.15) is 17.5 Å². The lowest BCUT2D eigenvalue weighted by Gasteiger charge is -2.44. The molecule has 3 aliphatic heterocycles. The fraction of sp³-hybridized carbons (Fsp3) is 0.414. The summed E-state index contributed by atoms with van der Waals surface area (Å²) in [6.07, 6.45) is 1.32.